The van der Waals surface area contributed by atoms with Crippen LogP contribution in [0.2, 0.25) is 5.02 Å². The average molecular weight is 322 g/mol. The van der Waals surface area contributed by atoms with Crippen molar-refractivity contribution in [2.75, 3.05) is 19.0 Å². The van der Waals surface area contributed by atoms with Gasteiger partial charge in [0.25, 0.3) is 5.91 Å². The summed E-state index contributed by atoms with van der Waals surface area (Å²) in [7, 11) is 1.59. The summed E-state index contributed by atoms with van der Waals surface area (Å²) in [6.45, 7) is 0.629. The highest BCUT2D eigenvalue weighted by molar-refractivity contribution is 6.31. The van der Waals surface area contributed by atoms with Crippen molar-refractivity contribution in [2.45, 2.75) is 18.9 Å². The standard InChI is InChI=1S/C15H16ClN3O3/c1-21-12-5-4-9(16)7-10(12)11-8-14(19-18-11)17-15(20)13-3-2-6-22-13/h4-5,7-8,13H,2-3,6H2,1H3,(H2,17,18,19,20). The fourth-order valence-electron chi connectivity index (χ4n) is 2.41. The summed E-state index contributed by atoms with van der Waals surface area (Å²) in [5, 5.41) is 10.3. The van der Waals surface area contributed by atoms with E-state index < -0.39 is 0 Å². The summed E-state index contributed by atoms with van der Waals surface area (Å²) in [5.41, 5.74) is 1.49. The number of aromatic nitrogens is 2. The van der Waals surface area contributed by atoms with E-state index in [1.54, 1.807) is 31.4 Å². The van der Waals surface area contributed by atoms with Gasteiger partial charge in [0, 0.05) is 23.3 Å². The Morgan fingerprint density at radius 2 is 2.36 bits per heavy atom. The molecule has 1 aromatic carbocycles. The molecule has 1 aliphatic heterocycles. The minimum atomic E-state index is -0.388. The smallest absolute Gasteiger partial charge is 0.254 e. The van der Waals surface area contributed by atoms with Crippen LogP contribution in [0, 0.1) is 0 Å². The number of methoxy groups -OCH3 is 1. The van der Waals surface area contributed by atoms with Crippen LogP contribution in [0.1, 0.15) is 12.8 Å². The molecule has 2 N–H and O–H groups in total. The zero-order chi connectivity index (χ0) is 15.5. The number of benzene rings is 1. The van der Waals surface area contributed by atoms with E-state index in [4.69, 9.17) is 21.1 Å². The number of carbonyl (C=O) groups excluding carboxylic acids is 1. The lowest BCUT2D eigenvalue weighted by atomic mass is 10.1. The number of aromatic amines is 1. The number of halogens is 1. The van der Waals surface area contributed by atoms with Crippen molar-refractivity contribution in [1.82, 2.24) is 10.2 Å². The Kier molecular flexibility index (Phi) is 4.31. The van der Waals surface area contributed by atoms with Gasteiger partial charge in [0.2, 0.25) is 0 Å². The van der Waals surface area contributed by atoms with Gasteiger partial charge in [-0.2, -0.15) is 5.10 Å². The molecule has 1 aliphatic rings. The Hall–Kier alpha value is -2.05. The summed E-state index contributed by atoms with van der Waals surface area (Å²) in [5.74, 6) is 0.941. The monoisotopic (exact) mass is 321 g/mol. The van der Waals surface area contributed by atoms with Crippen LogP contribution < -0.4 is 10.1 Å². The Balaban J connectivity index is 1.79. The molecule has 0 spiro atoms. The molecule has 1 saturated heterocycles. The van der Waals surface area contributed by atoms with Gasteiger partial charge in [-0.3, -0.25) is 9.89 Å². The summed E-state index contributed by atoms with van der Waals surface area (Å²) in [4.78, 5) is 12.0. The summed E-state index contributed by atoms with van der Waals surface area (Å²) in [6, 6.07) is 7.05. The number of nitrogens with one attached hydrogen (secondary N) is 2. The molecule has 0 saturated carbocycles. The zero-order valence-corrected chi connectivity index (χ0v) is 12.8. The SMILES string of the molecule is COc1ccc(Cl)cc1-c1cc(NC(=O)C2CCCO2)n[nH]1. The van der Waals surface area contributed by atoms with Crippen molar-refractivity contribution < 1.29 is 14.3 Å². The van der Waals surface area contributed by atoms with Crippen molar-refractivity contribution in [2.24, 2.45) is 0 Å². The van der Waals surface area contributed by atoms with Crippen molar-refractivity contribution in [3.05, 3.63) is 29.3 Å². The van der Waals surface area contributed by atoms with Crippen LogP contribution in [0.3, 0.4) is 0 Å². The lowest BCUT2D eigenvalue weighted by Gasteiger charge is -2.08. The van der Waals surface area contributed by atoms with Gasteiger partial charge in [0.15, 0.2) is 5.82 Å². The molecule has 1 unspecified atom stereocenters. The molecule has 2 heterocycles. The maximum absolute atomic E-state index is 12.0. The van der Waals surface area contributed by atoms with Crippen molar-refractivity contribution in [1.29, 1.82) is 0 Å². The summed E-state index contributed by atoms with van der Waals surface area (Å²) >= 11 is 6.02. The third kappa shape index (κ3) is 3.08. The number of H-pyrrole nitrogens is 1. The first-order chi connectivity index (χ1) is 10.7. The second-order valence-corrected chi connectivity index (χ2v) is 5.44. The molecule has 0 radical (unpaired) electrons. The Bertz CT molecular complexity index is 680. The van der Waals surface area contributed by atoms with E-state index in [1.807, 2.05) is 0 Å². The van der Waals surface area contributed by atoms with E-state index in [0.29, 0.717) is 28.9 Å². The first-order valence-electron chi connectivity index (χ1n) is 6.99. The zero-order valence-electron chi connectivity index (χ0n) is 12.1. The molecule has 7 heteroatoms. The third-order valence-electron chi connectivity index (χ3n) is 3.50. The van der Waals surface area contributed by atoms with Gasteiger partial charge in [-0.05, 0) is 31.0 Å². The number of ether oxygens (including phenoxy) is 2. The van der Waals surface area contributed by atoms with E-state index in [9.17, 15) is 4.79 Å². The first-order valence-corrected chi connectivity index (χ1v) is 7.37. The third-order valence-corrected chi connectivity index (χ3v) is 3.74. The van der Waals surface area contributed by atoms with Crippen LogP contribution in [0.5, 0.6) is 5.75 Å². The fourth-order valence-corrected chi connectivity index (χ4v) is 2.58. The maximum Gasteiger partial charge on any atom is 0.254 e. The second kappa shape index (κ2) is 6.37. The molecule has 6 nitrogen and oxygen atoms in total. The number of amides is 1. The number of hydrogen-bond acceptors (Lipinski definition) is 4. The molecule has 3 rings (SSSR count). The van der Waals surface area contributed by atoms with Crippen molar-refractivity contribution >= 4 is 23.3 Å². The van der Waals surface area contributed by atoms with Gasteiger partial charge in [-0.15, -0.1) is 0 Å². The number of hydrogen-bond donors (Lipinski definition) is 2. The van der Waals surface area contributed by atoms with Crippen LogP contribution in [-0.2, 0) is 9.53 Å². The number of rotatable bonds is 4. The number of nitrogens with zero attached hydrogens (tertiary/aromatic N) is 1. The molecular formula is C15H16ClN3O3. The predicted octanol–water partition coefficient (Wildman–Crippen LogP) is 2.86. The minimum Gasteiger partial charge on any atom is -0.496 e. The highest BCUT2D eigenvalue weighted by Crippen LogP contribution is 2.32. The molecule has 22 heavy (non-hydrogen) atoms. The van der Waals surface area contributed by atoms with E-state index >= 15 is 0 Å². The van der Waals surface area contributed by atoms with Crippen molar-refractivity contribution in [3.63, 3.8) is 0 Å². The minimum absolute atomic E-state index is 0.173. The van der Waals surface area contributed by atoms with Gasteiger partial charge in [-0.25, -0.2) is 0 Å². The quantitative estimate of drug-likeness (QED) is 0.908. The van der Waals surface area contributed by atoms with E-state index in [2.05, 4.69) is 15.5 Å². The maximum atomic E-state index is 12.0. The molecule has 2 aromatic rings. The van der Waals surface area contributed by atoms with E-state index in [-0.39, 0.29) is 12.0 Å². The Morgan fingerprint density at radius 1 is 1.50 bits per heavy atom. The highest BCUT2D eigenvalue weighted by Gasteiger charge is 2.24. The highest BCUT2D eigenvalue weighted by atomic mass is 35.5. The topological polar surface area (TPSA) is 76.2 Å². The first kappa shape index (κ1) is 14.9. The molecule has 0 bridgehead atoms. The average Bonchev–Trinajstić information content (AvgIpc) is 3.18. The van der Waals surface area contributed by atoms with E-state index in [1.165, 1.54) is 0 Å². The van der Waals surface area contributed by atoms with Crippen LogP contribution in [-0.4, -0.2) is 35.9 Å². The lowest BCUT2D eigenvalue weighted by Crippen LogP contribution is -2.26. The van der Waals surface area contributed by atoms with Gasteiger partial charge >= 0.3 is 0 Å². The normalized spacial score (nSPS) is 17.5. The molecule has 1 aromatic heterocycles. The molecule has 1 atom stereocenters. The number of anilines is 1. The fraction of sp³-hybridized carbons (Fsp3) is 0.333. The lowest BCUT2D eigenvalue weighted by molar-refractivity contribution is -0.124. The van der Waals surface area contributed by atoms with E-state index in [0.717, 1.165) is 18.4 Å². The second-order valence-electron chi connectivity index (χ2n) is 5.00. The van der Waals surface area contributed by atoms with Crippen LogP contribution in [0.15, 0.2) is 24.3 Å². The molecular weight excluding hydrogens is 306 g/mol. The van der Waals surface area contributed by atoms with Crippen molar-refractivity contribution in [3.8, 4) is 17.0 Å². The van der Waals surface area contributed by atoms with Gasteiger partial charge < -0.3 is 14.8 Å². The van der Waals surface area contributed by atoms with Gasteiger partial charge in [0.1, 0.15) is 11.9 Å². The Labute approximate surface area is 132 Å². The Morgan fingerprint density at radius 3 is 3.09 bits per heavy atom. The number of carbonyl (C=O) groups is 1. The van der Waals surface area contributed by atoms with Crippen LogP contribution in [0.4, 0.5) is 5.82 Å². The molecule has 1 amide bonds. The summed E-state index contributed by atoms with van der Waals surface area (Å²) < 4.78 is 10.7. The van der Waals surface area contributed by atoms with Crippen LogP contribution in [0.25, 0.3) is 11.3 Å². The molecule has 0 aliphatic carbocycles. The largest absolute Gasteiger partial charge is 0.496 e. The van der Waals surface area contributed by atoms with Gasteiger partial charge in [0.05, 0.1) is 12.8 Å². The van der Waals surface area contributed by atoms with Gasteiger partial charge in [-0.1, -0.05) is 11.6 Å². The summed E-state index contributed by atoms with van der Waals surface area (Å²) in [6.07, 6.45) is 1.26. The van der Waals surface area contributed by atoms with Crippen LogP contribution >= 0.6 is 11.6 Å². The molecule has 116 valence electrons. The predicted molar refractivity (Wildman–Crippen MR) is 83.2 cm³/mol. The molecule has 1 fully saturated rings.